The fourth-order valence-electron chi connectivity index (χ4n) is 3.30. The van der Waals surface area contributed by atoms with Gasteiger partial charge >= 0.3 is 0 Å². The molecule has 2 amide bonds. The van der Waals surface area contributed by atoms with E-state index >= 15 is 0 Å². The van der Waals surface area contributed by atoms with E-state index in [1.54, 1.807) is 60.7 Å². The third kappa shape index (κ3) is 5.84. The molecule has 36 heavy (non-hydrogen) atoms. The summed E-state index contributed by atoms with van der Waals surface area (Å²) in [6.45, 7) is 0.143. The van der Waals surface area contributed by atoms with Crippen LogP contribution in [0.1, 0.15) is 21.5 Å². The van der Waals surface area contributed by atoms with Gasteiger partial charge in [-0.15, -0.1) is 0 Å². The van der Waals surface area contributed by atoms with Gasteiger partial charge < -0.3 is 24.3 Å². The molecule has 0 saturated heterocycles. The molecule has 0 bridgehead atoms. The maximum Gasteiger partial charge on any atom is 0.287 e. The van der Waals surface area contributed by atoms with Gasteiger partial charge in [0.05, 0.1) is 20.4 Å². The molecule has 184 valence electrons. The van der Waals surface area contributed by atoms with Crippen LogP contribution >= 0.6 is 15.9 Å². The van der Waals surface area contributed by atoms with E-state index in [4.69, 9.17) is 18.9 Å². The largest absolute Gasteiger partial charge is 0.493 e. The van der Waals surface area contributed by atoms with Crippen molar-refractivity contribution in [2.24, 2.45) is 5.10 Å². The Balaban J connectivity index is 1.58. The molecule has 2 N–H and O–H groups in total. The van der Waals surface area contributed by atoms with Crippen LogP contribution in [0.25, 0.3) is 6.08 Å². The molecule has 3 aromatic carbocycles. The first-order valence-electron chi connectivity index (χ1n) is 10.7. The topological polar surface area (TPSA) is 107 Å². The van der Waals surface area contributed by atoms with Crippen molar-refractivity contribution in [3.63, 3.8) is 0 Å². The smallest absolute Gasteiger partial charge is 0.287 e. The number of carbonyl (C=O) groups is 2. The number of halogens is 1. The van der Waals surface area contributed by atoms with E-state index in [2.05, 4.69) is 31.8 Å². The average molecular weight is 552 g/mol. The Morgan fingerprint density at radius 3 is 2.42 bits per heavy atom. The molecule has 9 nitrogen and oxygen atoms in total. The zero-order chi connectivity index (χ0) is 25.5. The molecular weight excluding hydrogens is 530 g/mol. The Bertz CT molecular complexity index is 1340. The molecule has 0 aliphatic carbocycles. The highest BCUT2D eigenvalue weighted by atomic mass is 79.9. The molecule has 0 unspecified atom stereocenters. The van der Waals surface area contributed by atoms with Gasteiger partial charge in [-0.05, 0) is 64.0 Å². The summed E-state index contributed by atoms with van der Waals surface area (Å²) in [5.41, 5.74) is 4.11. The van der Waals surface area contributed by atoms with Gasteiger partial charge in [0.15, 0.2) is 23.0 Å². The highest BCUT2D eigenvalue weighted by molar-refractivity contribution is 9.10. The first-order valence-corrected chi connectivity index (χ1v) is 11.5. The van der Waals surface area contributed by atoms with Crippen molar-refractivity contribution in [3.8, 4) is 23.0 Å². The molecule has 1 heterocycles. The number of hydrazone groups is 1. The first kappa shape index (κ1) is 24.8. The molecule has 0 saturated carbocycles. The van der Waals surface area contributed by atoms with Gasteiger partial charge in [0.2, 0.25) is 6.79 Å². The number of methoxy groups -OCH3 is 2. The SMILES string of the molecule is COc1ccc(/C=C(/NC(=O)c2ccccc2)C(=O)N/N=C/c2cc3c(cc2Br)OCO3)cc1OC. The number of hydrogen-bond donors (Lipinski definition) is 2. The second-order valence-electron chi connectivity index (χ2n) is 7.42. The summed E-state index contributed by atoms with van der Waals surface area (Å²) in [5.74, 6) is 1.14. The van der Waals surface area contributed by atoms with Crippen LogP contribution < -0.4 is 29.7 Å². The van der Waals surface area contributed by atoms with Crippen molar-refractivity contribution in [1.82, 2.24) is 10.7 Å². The average Bonchev–Trinajstić information content (AvgIpc) is 3.35. The van der Waals surface area contributed by atoms with Crippen LogP contribution in [0, 0.1) is 0 Å². The highest BCUT2D eigenvalue weighted by Gasteiger charge is 2.17. The maximum atomic E-state index is 13.0. The van der Waals surface area contributed by atoms with Gasteiger partial charge in [0, 0.05) is 15.6 Å². The molecule has 0 atom stereocenters. The summed E-state index contributed by atoms with van der Waals surface area (Å²) in [7, 11) is 3.04. The molecule has 1 aliphatic heterocycles. The normalized spacial score (nSPS) is 12.4. The van der Waals surface area contributed by atoms with Crippen molar-refractivity contribution in [2.75, 3.05) is 21.0 Å². The van der Waals surface area contributed by atoms with Crippen molar-refractivity contribution in [1.29, 1.82) is 0 Å². The summed E-state index contributed by atoms with van der Waals surface area (Å²) in [6.07, 6.45) is 2.97. The molecular formula is C26H22BrN3O6. The van der Waals surface area contributed by atoms with Crippen molar-refractivity contribution in [3.05, 3.63) is 87.5 Å². The van der Waals surface area contributed by atoms with Crippen LogP contribution in [-0.4, -0.2) is 39.0 Å². The van der Waals surface area contributed by atoms with E-state index in [1.165, 1.54) is 26.5 Å². The third-order valence-corrected chi connectivity index (χ3v) is 5.80. The minimum atomic E-state index is -0.623. The number of fused-ring (bicyclic) bond motifs is 1. The minimum absolute atomic E-state index is 0.0158. The lowest BCUT2D eigenvalue weighted by Crippen LogP contribution is -2.32. The number of benzene rings is 3. The summed E-state index contributed by atoms with van der Waals surface area (Å²) in [5, 5.41) is 6.70. The second-order valence-corrected chi connectivity index (χ2v) is 8.27. The molecule has 0 aromatic heterocycles. The predicted molar refractivity (Wildman–Crippen MR) is 137 cm³/mol. The summed E-state index contributed by atoms with van der Waals surface area (Å²) in [4.78, 5) is 25.8. The minimum Gasteiger partial charge on any atom is -0.493 e. The summed E-state index contributed by atoms with van der Waals surface area (Å²) in [6, 6.07) is 17.2. The zero-order valence-corrected chi connectivity index (χ0v) is 21.0. The molecule has 0 spiro atoms. The number of ether oxygens (including phenoxy) is 4. The summed E-state index contributed by atoms with van der Waals surface area (Å²) >= 11 is 3.44. The summed E-state index contributed by atoms with van der Waals surface area (Å²) < 4.78 is 22.0. The van der Waals surface area contributed by atoms with Gasteiger partial charge in [-0.25, -0.2) is 5.43 Å². The van der Waals surface area contributed by atoms with Gasteiger partial charge in [-0.1, -0.05) is 24.3 Å². The van der Waals surface area contributed by atoms with Crippen LogP contribution in [0.5, 0.6) is 23.0 Å². The number of hydrogen-bond acceptors (Lipinski definition) is 7. The number of amides is 2. The molecule has 0 radical (unpaired) electrons. The monoisotopic (exact) mass is 551 g/mol. The standard InChI is InChI=1S/C26H22BrN3O6/c1-33-21-9-8-16(11-22(21)34-2)10-20(29-25(31)17-6-4-3-5-7-17)26(32)30-28-14-18-12-23-24(13-19(18)27)36-15-35-23/h3-14H,15H2,1-2H3,(H,29,31)(H,30,32)/b20-10+,28-14+. The number of carbonyl (C=O) groups excluding carboxylic acids is 2. The fraction of sp³-hybridized carbons (Fsp3) is 0.115. The lowest BCUT2D eigenvalue weighted by atomic mass is 10.1. The van der Waals surface area contributed by atoms with E-state index in [0.717, 1.165) is 0 Å². The van der Waals surface area contributed by atoms with Gasteiger partial charge in [0.25, 0.3) is 11.8 Å². The van der Waals surface area contributed by atoms with E-state index in [9.17, 15) is 9.59 Å². The number of nitrogens with zero attached hydrogens (tertiary/aromatic N) is 1. The Morgan fingerprint density at radius 2 is 1.69 bits per heavy atom. The molecule has 10 heteroatoms. The molecule has 3 aromatic rings. The predicted octanol–water partition coefficient (Wildman–Crippen LogP) is 4.12. The fourth-order valence-corrected chi connectivity index (χ4v) is 3.73. The quantitative estimate of drug-likeness (QED) is 0.248. The Morgan fingerprint density at radius 1 is 0.972 bits per heavy atom. The van der Waals surface area contributed by atoms with Gasteiger partial charge in [-0.3, -0.25) is 9.59 Å². The van der Waals surface area contributed by atoms with Gasteiger partial charge in [0.1, 0.15) is 5.70 Å². The van der Waals surface area contributed by atoms with E-state index in [1.807, 2.05) is 0 Å². The third-order valence-electron chi connectivity index (χ3n) is 5.11. The first-order chi connectivity index (χ1) is 17.5. The second kappa shape index (κ2) is 11.4. The molecule has 0 fully saturated rings. The number of nitrogens with one attached hydrogen (secondary N) is 2. The van der Waals surface area contributed by atoms with Crippen molar-refractivity contribution in [2.45, 2.75) is 0 Å². The van der Waals surface area contributed by atoms with Crippen LogP contribution in [0.2, 0.25) is 0 Å². The van der Waals surface area contributed by atoms with Crippen molar-refractivity contribution < 1.29 is 28.5 Å². The van der Waals surface area contributed by atoms with E-state index < -0.39 is 11.8 Å². The zero-order valence-electron chi connectivity index (χ0n) is 19.4. The Labute approximate surface area is 215 Å². The Kier molecular flexibility index (Phi) is 7.86. The van der Waals surface area contributed by atoms with Gasteiger partial charge in [-0.2, -0.15) is 5.10 Å². The van der Waals surface area contributed by atoms with Crippen LogP contribution in [0.3, 0.4) is 0 Å². The molecule has 1 aliphatic rings. The maximum absolute atomic E-state index is 13.0. The molecule has 4 rings (SSSR count). The van der Waals surface area contributed by atoms with Crippen LogP contribution in [0.15, 0.2) is 75.9 Å². The lowest BCUT2D eigenvalue weighted by molar-refractivity contribution is -0.117. The Hall–Kier alpha value is -4.31. The lowest BCUT2D eigenvalue weighted by Gasteiger charge is -2.11. The van der Waals surface area contributed by atoms with Crippen LogP contribution in [0.4, 0.5) is 0 Å². The highest BCUT2D eigenvalue weighted by Crippen LogP contribution is 2.36. The van der Waals surface area contributed by atoms with E-state index in [-0.39, 0.29) is 12.5 Å². The van der Waals surface area contributed by atoms with Crippen LogP contribution in [-0.2, 0) is 4.79 Å². The van der Waals surface area contributed by atoms with E-state index in [0.29, 0.717) is 44.2 Å². The number of rotatable bonds is 8. The van der Waals surface area contributed by atoms with Crippen molar-refractivity contribution >= 4 is 40.0 Å².